The topological polar surface area (TPSA) is 111 Å². The van der Waals surface area contributed by atoms with Gasteiger partial charge in [-0.2, -0.15) is 0 Å². The average Bonchev–Trinajstić information content (AvgIpc) is 3.68. The molecule has 3 aromatic carbocycles. The second kappa shape index (κ2) is 8.37. The van der Waals surface area contributed by atoms with Crippen LogP contribution in [0.15, 0.2) is 65.1 Å². The van der Waals surface area contributed by atoms with Gasteiger partial charge in [-0.05, 0) is 61.3 Å². The van der Waals surface area contributed by atoms with Crippen LogP contribution in [0.4, 0.5) is 11.4 Å². The van der Waals surface area contributed by atoms with E-state index in [1.807, 2.05) is 24.3 Å². The maximum Gasteiger partial charge on any atom is 0.269 e. The van der Waals surface area contributed by atoms with E-state index in [9.17, 15) is 19.7 Å². The molecule has 7 rings (SSSR count). The fourth-order valence-corrected chi connectivity index (χ4v) is 7.34. The number of ether oxygens (including phenoxy) is 2. The predicted molar refractivity (Wildman–Crippen MR) is 140 cm³/mol. The Morgan fingerprint density at radius 2 is 1.95 bits per heavy atom. The summed E-state index contributed by atoms with van der Waals surface area (Å²) in [4.78, 5) is 42.2. The lowest BCUT2D eigenvalue weighted by atomic mass is 9.68. The third-order valence-electron chi connectivity index (χ3n) is 8.37. The van der Waals surface area contributed by atoms with Crippen LogP contribution in [0.3, 0.4) is 0 Å². The smallest absolute Gasteiger partial charge is 0.269 e. The van der Waals surface area contributed by atoms with Crippen molar-refractivity contribution >= 4 is 39.0 Å². The number of rotatable bonds is 4. The average molecular weight is 576 g/mol. The number of hydrogen-bond acceptors (Lipinski definition) is 7. The molecule has 1 spiro atoms. The molecule has 4 atom stereocenters. The first-order chi connectivity index (χ1) is 18.4. The quantitative estimate of drug-likeness (QED) is 0.265. The number of non-ortho nitro benzene ring substituents is 1. The summed E-state index contributed by atoms with van der Waals surface area (Å²) in [7, 11) is 0. The third-order valence-corrected chi connectivity index (χ3v) is 8.86. The molecule has 0 bridgehead atoms. The molecule has 0 radical (unpaired) electrons. The van der Waals surface area contributed by atoms with Crippen molar-refractivity contribution < 1.29 is 24.0 Å². The molecule has 4 heterocycles. The SMILES string of the molecule is O=C(c1ccc2c(c1)OCO2)C1C(c2cccc([N+](=O)[O-])c2)C2CCCN2[C@@]12C(=O)Nc1ccc(Br)cc12. The lowest BCUT2D eigenvalue weighted by molar-refractivity contribution is -0.384. The van der Waals surface area contributed by atoms with Crippen molar-refractivity contribution in [3.05, 3.63) is 91.9 Å². The monoisotopic (exact) mass is 575 g/mol. The summed E-state index contributed by atoms with van der Waals surface area (Å²) in [5.74, 6) is -0.681. The summed E-state index contributed by atoms with van der Waals surface area (Å²) < 4.78 is 11.8. The highest BCUT2D eigenvalue weighted by Gasteiger charge is 2.69. The summed E-state index contributed by atoms with van der Waals surface area (Å²) in [5.41, 5.74) is 1.21. The molecule has 0 aliphatic carbocycles. The van der Waals surface area contributed by atoms with Crippen LogP contribution in [-0.4, -0.2) is 40.9 Å². The van der Waals surface area contributed by atoms with Crippen molar-refractivity contribution in [2.75, 3.05) is 18.7 Å². The van der Waals surface area contributed by atoms with Crippen molar-refractivity contribution in [1.29, 1.82) is 0 Å². The molecule has 0 saturated carbocycles. The number of nitro benzene ring substituents is 1. The van der Waals surface area contributed by atoms with E-state index in [0.29, 0.717) is 34.9 Å². The van der Waals surface area contributed by atoms with Gasteiger partial charge < -0.3 is 14.8 Å². The molecular weight excluding hydrogens is 554 g/mol. The Balaban J connectivity index is 1.47. The van der Waals surface area contributed by atoms with E-state index < -0.39 is 22.3 Å². The number of carbonyl (C=O) groups is 2. The van der Waals surface area contributed by atoms with Gasteiger partial charge in [0.1, 0.15) is 5.54 Å². The molecule has 1 N–H and O–H groups in total. The van der Waals surface area contributed by atoms with E-state index in [-0.39, 0.29) is 30.2 Å². The Kier molecular flexibility index (Phi) is 5.15. The van der Waals surface area contributed by atoms with E-state index in [1.165, 1.54) is 6.07 Å². The van der Waals surface area contributed by atoms with Gasteiger partial charge in [0.05, 0.1) is 10.8 Å². The number of nitrogens with zero attached hydrogens (tertiary/aromatic N) is 2. The van der Waals surface area contributed by atoms with Crippen LogP contribution in [-0.2, 0) is 10.3 Å². The number of anilines is 1. The fourth-order valence-electron chi connectivity index (χ4n) is 6.98. The Bertz CT molecular complexity index is 1540. The van der Waals surface area contributed by atoms with E-state index in [4.69, 9.17) is 9.47 Å². The summed E-state index contributed by atoms with van der Waals surface area (Å²) in [6.45, 7) is 0.719. The van der Waals surface area contributed by atoms with Gasteiger partial charge >= 0.3 is 0 Å². The van der Waals surface area contributed by atoms with Gasteiger partial charge in [0.2, 0.25) is 12.7 Å². The molecule has 3 unspecified atom stereocenters. The molecule has 2 fully saturated rings. The van der Waals surface area contributed by atoms with E-state index in [1.54, 1.807) is 30.3 Å². The number of Topliss-reactive ketones (excluding diaryl/α,β-unsaturated/α-hetero) is 1. The van der Waals surface area contributed by atoms with E-state index in [0.717, 1.165) is 22.9 Å². The van der Waals surface area contributed by atoms with Crippen LogP contribution in [0.1, 0.15) is 40.2 Å². The van der Waals surface area contributed by atoms with Crippen molar-refractivity contribution in [2.24, 2.45) is 5.92 Å². The minimum Gasteiger partial charge on any atom is -0.454 e. The van der Waals surface area contributed by atoms with Crippen LogP contribution in [0.5, 0.6) is 11.5 Å². The number of ketones is 1. The first-order valence-corrected chi connectivity index (χ1v) is 13.3. The normalized spacial score (nSPS) is 26.9. The minimum absolute atomic E-state index is 0.0405. The van der Waals surface area contributed by atoms with Gasteiger partial charge in [-0.15, -0.1) is 0 Å². The number of fused-ring (bicyclic) bond motifs is 5. The second-order valence-electron chi connectivity index (χ2n) is 10.1. The van der Waals surface area contributed by atoms with Crippen LogP contribution < -0.4 is 14.8 Å². The summed E-state index contributed by atoms with van der Waals surface area (Å²) in [6, 6.07) is 17.0. The lowest BCUT2D eigenvalue weighted by Gasteiger charge is -2.37. The molecule has 3 aromatic rings. The molecule has 192 valence electrons. The van der Waals surface area contributed by atoms with Crippen LogP contribution in [0.2, 0.25) is 0 Å². The van der Waals surface area contributed by atoms with Crippen LogP contribution in [0.25, 0.3) is 0 Å². The molecule has 1 amide bonds. The zero-order valence-corrected chi connectivity index (χ0v) is 21.6. The Hall–Kier alpha value is -3.76. The van der Waals surface area contributed by atoms with Gasteiger partial charge in [-0.3, -0.25) is 24.6 Å². The highest BCUT2D eigenvalue weighted by molar-refractivity contribution is 9.10. The van der Waals surface area contributed by atoms with Gasteiger partial charge in [0.15, 0.2) is 17.3 Å². The molecule has 38 heavy (non-hydrogen) atoms. The van der Waals surface area contributed by atoms with Gasteiger partial charge in [0, 0.05) is 45.4 Å². The second-order valence-corrected chi connectivity index (χ2v) is 11.0. The molecule has 0 aromatic heterocycles. The van der Waals surface area contributed by atoms with Crippen LogP contribution in [0, 0.1) is 16.0 Å². The lowest BCUT2D eigenvalue weighted by Crippen LogP contribution is -2.52. The highest BCUT2D eigenvalue weighted by atomic mass is 79.9. The standard InChI is InChI=1S/C28H22BrN3O6/c29-17-7-8-20-19(13-17)28(27(34)30-20)25(26(33)16-6-9-22-23(12-16)38-14-37-22)24(21-5-2-10-31(21)28)15-3-1-4-18(11-15)32(35)36/h1,3-4,6-9,11-13,21,24-25H,2,5,10,14H2,(H,30,34)/t21?,24?,25?,28-/m1/s1. The first-order valence-electron chi connectivity index (χ1n) is 12.5. The third kappa shape index (κ3) is 3.13. The summed E-state index contributed by atoms with van der Waals surface area (Å²) >= 11 is 3.56. The summed E-state index contributed by atoms with van der Waals surface area (Å²) in [5, 5.41) is 14.7. The number of hydrogen-bond donors (Lipinski definition) is 1. The van der Waals surface area contributed by atoms with Crippen molar-refractivity contribution in [1.82, 2.24) is 4.90 Å². The molecule has 10 heteroatoms. The van der Waals surface area contributed by atoms with Crippen molar-refractivity contribution in [2.45, 2.75) is 30.3 Å². The fraction of sp³-hybridized carbons (Fsp3) is 0.286. The molecule has 2 saturated heterocycles. The van der Waals surface area contributed by atoms with Gasteiger partial charge in [-0.25, -0.2) is 0 Å². The number of amides is 1. The molecule has 4 aliphatic heterocycles. The first kappa shape index (κ1) is 23.4. The van der Waals surface area contributed by atoms with Crippen LogP contribution >= 0.6 is 15.9 Å². The molecule has 9 nitrogen and oxygen atoms in total. The van der Waals surface area contributed by atoms with E-state index >= 15 is 0 Å². The summed E-state index contributed by atoms with van der Waals surface area (Å²) in [6.07, 6.45) is 1.63. The minimum atomic E-state index is -1.26. The largest absolute Gasteiger partial charge is 0.454 e. The molecular formula is C28H22BrN3O6. The van der Waals surface area contributed by atoms with Gasteiger partial charge in [-0.1, -0.05) is 28.1 Å². The van der Waals surface area contributed by atoms with Crippen molar-refractivity contribution in [3.8, 4) is 11.5 Å². The number of carbonyl (C=O) groups excluding carboxylic acids is 2. The Morgan fingerprint density at radius 1 is 1.11 bits per heavy atom. The Morgan fingerprint density at radius 3 is 2.79 bits per heavy atom. The van der Waals surface area contributed by atoms with Gasteiger partial charge in [0.25, 0.3) is 5.69 Å². The predicted octanol–water partition coefficient (Wildman–Crippen LogP) is 4.99. The number of nitrogens with one attached hydrogen (secondary N) is 1. The number of nitro groups is 1. The number of benzene rings is 3. The number of halogens is 1. The zero-order chi connectivity index (χ0) is 26.2. The molecule has 4 aliphatic rings. The van der Waals surface area contributed by atoms with E-state index in [2.05, 4.69) is 26.1 Å². The maximum atomic E-state index is 14.6. The zero-order valence-electron chi connectivity index (χ0n) is 20.1. The maximum absolute atomic E-state index is 14.6. The Labute approximate surface area is 226 Å². The van der Waals surface area contributed by atoms with Crippen molar-refractivity contribution in [3.63, 3.8) is 0 Å². The highest BCUT2D eigenvalue weighted by Crippen LogP contribution is 2.61.